The molecule has 1 atom stereocenters. The van der Waals surface area contributed by atoms with E-state index in [1.807, 2.05) is 13.0 Å². The van der Waals surface area contributed by atoms with Crippen LogP contribution >= 0.6 is 0 Å². The molecule has 1 saturated heterocycles. The molecular weight excluding hydrogens is 310 g/mol. The number of rotatable bonds is 6. The van der Waals surface area contributed by atoms with Crippen molar-refractivity contribution in [3.63, 3.8) is 0 Å². The Morgan fingerprint density at radius 2 is 2.25 bits per heavy atom. The van der Waals surface area contributed by atoms with Crippen LogP contribution in [0.1, 0.15) is 13.3 Å². The Morgan fingerprint density at radius 1 is 1.50 bits per heavy atom. The second kappa shape index (κ2) is 8.35. The third kappa shape index (κ3) is 4.48. The summed E-state index contributed by atoms with van der Waals surface area (Å²) in [4.78, 5) is 25.9. The molecule has 130 valence electrons. The van der Waals surface area contributed by atoms with E-state index in [9.17, 15) is 9.59 Å². The highest BCUT2D eigenvalue weighted by Crippen LogP contribution is 2.25. The van der Waals surface area contributed by atoms with Crippen molar-refractivity contribution in [1.82, 2.24) is 10.2 Å². The number of amides is 3. The third-order valence-electron chi connectivity index (χ3n) is 3.60. The molecule has 1 fully saturated rings. The van der Waals surface area contributed by atoms with Crippen LogP contribution in [0.2, 0.25) is 0 Å². The van der Waals surface area contributed by atoms with Gasteiger partial charge in [-0.2, -0.15) is 0 Å². The van der Waals surface area contributed by atoms with Gasteiger partial charge in [0.2, 0.25) is 5.91 Å². The Kier molecular flexibility index (Phi) is 6.20. The van der Waals surface area contributed by atoms with Crippen molar-refractivity contribution >= 4 is 17.6 Å². The van der Waals surface area contributed by atoms with E-state index in [1.165, 1.54) is 4.90 Å². The van der Waals surface area contributed by atoms with Gasteiger partial charge < -0.3 is 25.4 Å². The summed E-state index contributed by atoms with van der Waals surface area (Å²) < 4.78 is 5.63. The standard InChI is InChI=1S/C17H23N3O4/c1-12(2)11-24-15-6-4-3-5-13(15)19-17(23)20-9-8-18-16(22)14(20)7-10-21/h3-6,14,21H,1,7-11H2,2H3,(H,18,22)(H,19,23). The largest absolute Gasteiger partial charge is 0.487 e. The van der Waals surface area contributed by atoms with Gasteiger partial charge in [-0.05, 0) is 31.1 Å². The molecule has 7 heteroatoms. The molecule has 1 unspecified atom stereocenters. The minimum atomic E-state index is -0.674. The summed E-state index contributed by atoms with van der Waals surface area (Å²) in [6, 6.07) is 6.02. The van der Waals surface area contributed by atoms with Gasteiger partial charge in [-0.25, -0.2) is 4.79 Å². The van der Waals surface area contributed by atoms with Crippen LogP contribution in [-0.4, -0.2) is 54.3 Å². The van der Waals surface area contributed by atoms with Crippen molar-refractivity contribution in [3.05, 3.63) is 36.4 Å². The van der Waals surface area contributed by atoms with E-state index in [1.54, 1.807) is 18.2 Å². The van der Waals surface area contributed by atoms with Crippen molar-refractivity contribution in [2.75, 3.05) is 31.6 Å². The molecule has 0 aliphatic carbocycles. The molecule has 3 N–H and O–H groups in total. The number of hydrogen-bond donors (Lipinski definition) is 3. The topological polar surface area (TPSA) is 90.9 Å². The number of piperazine rings is 1. The van der Waals surface area contributed by atoms with Crippen LogP contribution in [0.15, 0.2) is 36.4 Å². The number of nitrogens with one attached hydrogen (secondary N) is 2. The first kappa shape index (κ1) is 17.8. The average molecular weight is 333 g/mol. The number of nitrogens with zero attached hydrogens (tertiary/aromatic N) is 1. The van der Waals surface area contributed by atoms with Crippen LogP contribution in [0.3, 0.4) is 0 Å². The van der Waals surface area contributed by atoms with Gasteiger partial charge in [0.05, 0.1) is 5.69 Å². The lowest BCUT2D eigenvalue weighted by Gasteiger charge is -2.34. The summed E-state index contributed by atoms with van der Waals surface area (Å²) in [5.74, 6) is 0.284. The van der Waals surface area contributed by atoms with Gasteiger partial charge >= 0.3 is 6.03 Å². The fourth-order valence-electron chi connectivity index (χ4n) is 2.45. The molecule has 3 amide bonds. The van der Waals surface area contributed by atoms with Gasteiger partial charge in [0, 0.05) is 19.7 Å². The van der Waals surface area contributed by atoms with Crippen LogP contribution < -0.4 is 15.4 Å². The highest BCUT2D eigenvalue weighted by Gasteiger charge is 2.32. The van der Waals surface area contributed by atoms with E-state index in [0.717, 1.165) is 5.57 Å². The number of para-hydroxylation sites is 2. The monoisotopic (exact) mass is 333 g/mol. The van der Waals surface area contributed by atoms with E-state index in [4.69, 9.17) is 9.84 Å². The zero-order valence-corrected chi connectivity index (χ0v) is 13.7. The summed E-state index contributed by atoms with van der Waals surface area (Å²) in [7, 11) is 0. The minimum absolute atomic E-state index is 0.166. The molecule has 0 saturated carbocycles. The lowest BCUT2D eigenvalue weighted by atomic mass is 10.1. The van der Waals surface area contributed by atoms with E-state index in [-0.39, 0.29) is 18.9 Å². The molecular formula is C17H23N3O4. The van der Waals surface area contributed by atoms with Crippen molar-refractivity contribution in [2.24, 2.45) is 0 Å². The summed E-state index contributed by atoms with van der Waals surface area (Å²) in [5, 5.41) is 14.6. The molecule has 1 aromatic carbocycles. The molecule has 2 rings (SSSR count). The lowest BCUT2D eigenvalue weighted by Crippen LogP contribution is -2.58. The molecule has 0 aromatic heterocycles. The maximum atomic E-state index is 12.6. The van der Waals surface area contributed by atoms with Gasteiger partial charge in [0.1, 0.15) is 18.4 Å². The van der Waals surface area contributed by atoms with Crippen LogP contribution in [0.4, 0.5) is 10.5 Å². The van der Waals surface area contributed by atoms with E-state index in [0.29, 0.717) is 31.1 Å². The van der Waals surface area contributed by atoms with Gasteiger partial charge in [0.15, 0.2) is 0 Å². The van der Waals surface area contributed by atoms with Crippen molar-refractivity contribution in [1.29, 1.82) is 0 Å². The predicted octanol–water partition coefficient (Wildman–Crippen LogP) is 1.36. The van der Waals surface area contributed by atoms with Gasteiger partial charge in [-0.15, -0.1) is 0 Å². The summed E-state index contributed by atoms with van der Waals surface area (Å²) >= 11 is 0. The number of aliphatic hydroxyl groups excluding tert-OH is 1. The number of benzene rings is 1. The quantitative estimate of drug-likeness (QED) is 0.686. The summed E-state index contributed by atoms with van der Waals surface area (Å²) in [6.45, 7) is 6.60. The average Bonchev–Trinajstić information content (AvgIpc) is 2.56. The molecule has 1 aromatic rings. The maximum Gasteiger partial charge on any atom is 0.322 e. The molecule has 1 heterocycles. The Labute approximate surface area is 141 Å². The van der Waals surface area contributed by atoms with Crippen molar-refractivity contribution < 1.29 is 19.4 Å². The van der Waals surface area contributed by atoms with E-state index < -0.39 is 12.1 Å². The Hall–Kier alpha value is -2.54. The van der Waals surface area contributed by atoms with Gasteiger partial charge in [-0.1, -0.05) is 18.7 Å². The number of carbonyl (C=O) groups is 2. The first-order valence-corrected chi connectivity index (χ1v) is 7.85. The number of carbonyl (C=O) groups excluding carboxylic acids is 2. The smallest absolute Gasteiger partial charge is 0.322 e. The van der Waals surface area contributed by atoms with Crippen molar-refractivity contribution in [3.8, 4) is 5.75 Å². The highest BCUT2D eigenvalue weighted by molar-refractivity contribution is 5.95. The predicted molar refractivity (Wildman–Crippen MR) is 91.0 cm³/mol. The van der Waals surface area contributed by atoms with E-state index in [2.05, 4.69) is 17.2 Å². The second-order valence-corrected chi connectivity index (χ2v) is 5.68. The number of ether oxygens (including phenoxy) is 1. The SMILES string of the molecule is C=C(C)COc1ccccc1NC(=O)N1CCNC(=O)C1CCO. The minimum Gasteiger partial charge on any atom is -0.487 e. The second-order valence-electron chi connectivity index (χ2n) is 5.68. The molecule has 1 aliphatic rings. The number of anilines is 1. The van der Waals surface area contributed by atoms with Crippen LogP contribution in [0, 0.1) is 0 Å². The normalized spacial score (nSPS) is 17.2. The van der Waals surface area contributed by atoms with Crippen molar-refractivity contribution in [2.45, 2.75) is 19.4 Å². The highest BCUT2D eigenvalue weighted by atomic mass is 16.5. The third-order valence-corrected chi connectivity index (χ3v) is 3.60. The zero-order valence-electron chi connectivity index (χ0n) is 13.7. The Morgan fingerprint density at radius 3 is 2.96 bits per heavy atom. The Bertz CT molecular complexity index is 618. The molecule has 7 nitrogen and oxygen atoms in total. The Balaban J connectivity index is 2.10. The van der Waals surface area contributed by atoms with E-state index >= 15 is 0 Å². The van der Waals surface area contributed by atoms with Gasteiger partial charge in [-0.3, -0.25) is 4.79 Å². The van der Waals surface area contributed by atoms with Gasteiger partial charge in [0.25, 0.3) is 0 Å². The fraction of sp³-hybridized carbons (Fsp3) is 0.412. The number of urea groups is 1. The van der Waals surface area contributed by atoms with Crippen LogP contribution in [0.5, 0.6) is 5.75 Å². The number of hydrogen-bond acceptors (Lipinski definition) is 4. The molecule has 1 aliphatic heterocycles. The molecule has 0 bridgehead atoms. The molecule has 0 spiro atoms. The summed E-state index contributed by atoms with van der Waals surface area (Å²) in [6.07, 6.45) is 0.201. The fourth-order valence-corrected chi connectivity index (χ4v) is 2.45. The zero-order chi connectivity index (χ0) is 17.5. The first-order chi connectivity index (χ1) is 11.5. The van der Waals surface area contributed by atoms with Crippen LogP contribution in [-0.2, 0) is 4.79 Å². The van der Waals surface area contributed by atoms with Crippen LogP contribution in [0.25, 0.3) is 0 Å². The molecule has 24 heavy (non-hydrogen) atoms. The summed E-state index contributed by atoms with van der Waals surface area (Å²) in [5.41, 5.74) is 1.39. The lowest BCUT2D eigenvalue weighted by molar-refractivity contribution is -0.128. The number of aliphatic hydroxyl groups is 1. The first-order valence-electron chi connectivity index (χ1n) is 7.85. The maximum absolute atomic E-state index is 12.6. The molecule has 0 radical (unpaired) electrons.